The molecule has 1 heterocycles. The third-order valence-corrected chi connectivity index (χ3v) is 3.76. The van der Waals surface area contributed by atoms with Crippen LogP contribution in [-0.2, 0) is 9.59 Å². The summed E-state index contributed by atoms with van der Waals surface area (Å²) in [6.45, 7) is 0. The maximum Gasteiger partial charge on any atom is 0.335 e. The summed E-state index contributed by atoms with van der Waals surface area (Å²) in [6, 6.07) is 15.1. The minimum atomic E-state index is -0.794. The number of allylic oxidation sites excluding steroid dienone is 2. The average Bonchev–Trinajstić information content (AvgIpc) is 2.65. The minimum Gasteiger partial charge on any atom is -0.497 e. The standard InChI is InChI=1S/C20H16N2O4/c1-26-16-11-6-10-15(13-16)22-19(24)17(18(23)21-20(22)25)12-5-9-14-7-3-2-4-8-14/h2-13H,1H3,(H,21,23,25)/b9-5+,17-12+. The molecule has 0 aromatic heterocycles. The highest BCUT2D eigenvalue weighted by molar-refractivity contribution is 6.37. The SMILES string of the molecule is COc1cccc(N2C(=O)NC(=O)/C(=C\C=C\c3ccccc3)C2=O)c1. The normalized spacial score (nSPS) is 16.3. The van der Waals surface area contributed by atoms with Gasteiger partial charge in [-0.3, -0.25) is 14.9 Å². The summed E-state index contributed by atoms with van der Waals surface area (Å²) in [7, 11) is 1.49. The highest BCUT2D eigenvalue weighted by Gasteiger charge is 2.36. The van der Waals surface area contributed by atoms with Crippen LogP contribution in [-0.4, -0.2) is 25.0 Å². The molecule has 0 unspecified atom stereocenters. The molecule has 0 aliphatic carbocycles. The van der Waals surface area contributed by atoms with E-state index in [0.717, 1.165) is 10.5 Å². The lowest BCUT2D eigenvalue weighted by Gasteiger charge is -2.26. The molecule has 0 saturated carbocycles. The lowest BCUT2D eigenvalue weighted by Crippen LogP contribution is -2.54. The maximum absolute atomic E-state index is 12.7. The van der Waals surface area contributed by atoms with Crippen LogP contribution in [0.5, 0.6) is 5.75 Å². The van der Waals surface area contributed by atoms with Gasteiger partial charge in [0.05, 0.1) is 12.8 Å². The van der Waals surface area contributed by atoms with Gasteiger partial charge in [0, 0.05) is 6.07 Å². The second kappa shape index (κ2) is 7.48. The predicted octanol–water partition coefficient (Wildman–Crippen LogP) is 2.92. The van der Waals surface area contributed by atoms with E-state index in [-0.39, 0.29) is 5.57 Å². The molecule has 2 aromatic rings. The van der Waals surface area contributed by atoms with Crippen LogP contribution in [0.1, 0.15) is 5.56 Å². The second-order valence-electron chi connectivity index (χ2n) is 5.45. The first kappa shape index (κ1) is 17.2. The van der Waals surface area contributed by atoms with Gasteiger partial charge < -0.3 is 4.74 Å². The number of nitrogens with zero attached hydrogens (tertiary/aromatic N) is 1. The van der Waals surface area contributed by atoms with E-state index >= 15 is 0 Å². The zero-order chi connectivity index (χ0) is 18.5. The van der Waals surface area contributed by atoms with Crippen LogP contribution in [0.4, 0.5) is 10.5 Å². The van der Waals surface area contributed by atoms with Crippen molar-refractivity contribution in [3.8, 4) is 5.75 Å². The molecule has 0 atom stereocenters. The van der Waals surface area contributed by atoms with Crippen LogP contribution in [0.3, 0.4) is 0 Å². The van der Waals surface area contributed by atoms with Crippen molar-refractivity contribution in [2.45, 2.75) is 0 Å². The maximum atomic E-state index is 12.7. The van der Waals surface area contributed by atoms with Crippen molar-refractivity contribution in [2.75, 3.05) is 12.0 Å². The number of hydrogen-bond donors (Lipinski definition) is 1. The van der Waals surface area contributed by atoms with Crippen molar-refractivity contribution >= 4 is 29.6 Å². The van der Waals surface area contributed by atoms with E-state index in [1.54, 1.807) is 36.4 Å². The second-order valence-corrected chi connectivity index (χ2v) is 5.45. The number of ether oxygens (including phenoxy) is 1. The Morgan fingerprint density at radius 1 is 1.00 bits per heavy atom. The monoisotopic (exact) mass is 348 g/mol. The Hall–Kier alpha value is -3.67. The molecule has 6 nitrogen and oxygen atoms in total. The largest absolute Gasteiger partial charge is 0.497 e. The summed E-state index contributed by atoms with van der Waals surface area (Å²) in [5.74, 6) is -0.920. The van der Waals surface area contributed by atoms with Crippen molar-refractivity contribution < 1.29 is 19.1 Å². The Balaban J connectivity index is 1.90. The van der Waals surface area contributed by atoms with E-state index in [9.17, 15) is 14.4 Å². The summed E-state index contributed by atoms with van der Waals surface area (Å²) >= 11 is 0. The number of methoxy groups -OCH3 is 1. The number of rotatable bonds is 4. The molecule has 1 N–H and O–H groups in total. The van der Waals surface area contributed by atoms with Crippen molar-refractivity contribution in [3.05, 3.63) is 77.9 Å². The third-order valence-electron chi connectivity index (χ3n) is 3.76. The van der Waals surface area contributed by atoms with Crippen molar-refractivity contribution in [3.63, 3.8) is 0 Å². The van der Waals surface area contributed by atoms with Crippen molar-refractivity contribution in [2.24, 2.45) is 0 Å². The van der Waals surface area contributed by atoms with E-state index in [4.69, 9.17) is 4.74 Å². The fourth-order valence-corrected chi connectivity index (χ4v) is 2.48. The van der Waals surface area contributed by atoms with Crippen LogP contribution in [0.25, 0.3) is 6.08 Å². The number of benzene rings is 2. The Bertz CT molecular complexity index is 916. The molecule has 0 bridgehead atoms. The summed E-state index contributed by atoms with van der Waals surface area (Å²) in [5, 5.41) is 2.18. The molecule has 1 aliphatic rings. The molecule has 0 spiro atoms. The first-order valence-corrected chi connectivity index (χ1v) is 7.87. The van der Waals surface area contributed by atoms with E-state index in [1.165, 1.54) is 13.2 Å². The number of nitrogens with one attached hydrogen (secondary N) is 1. The van der Waals surface area contributed by atoms with Gasteiger partial charge in [0.1, 0.15) is 11.3 Å². The van der Waals surface area contributed by atoms with Gasteiger partial charge in [0.25, 0.3) is 11.8 Å². The van der Waals surface area contributed by atoms with Crippen LogP contribution >= 0.6 is 0 Å². The van der Waals surface area contributed by atoms with Crippen LogP contribution in [0.2, 0.25) is 0 Å². The van der Waals surface area contributed by atoms with E-state index in [0.29, 0.717) is 11.4 Å². The smallest absolute Gasteiger partial charge is 0.335 e. The Labute approximate surface area is 150 Å². The molecule has 1 saturated heterocycles. The highest BCUT2D eigenvalue weighted by Crippen LogP contribution is 2.24. The summed E-state index contributed by atoms with van der Waals surface area (Å²) < 4.78 is 5.12. The summed E-state index contributed by atoms with van der Waals surface area (Å²) in [6.07, 6.45) is 4.76. The van der Waals surface area contributed by atoms with Gasteiger partial charge in [0.2, 0.25) is 0 Å². The van der Waals surface area contributed by atoms with Crippen molar-refractivity contribution in [1.29, 1.82) is 0 Å². The lowest BCUT2D eigenvalue weighted by molar-refractivity contribution is -0.122. The quantitative estimate of drug-likeness (QED) is 0.681. The zero-order valence-corrected chi connectivity index (χ0v) is 14.0. The lowest BCUT2D eigenvalue weighted by atomic mass is 10.1. The van der Waals surface area contributed by atoms with Gasteiger partial charge in [-0.2, -0.15) is 0 Å². The Morgan fingerprint density at radius 2 is 1.77 bits per heavy atom. The number of hydrogen-bond acceptors (Lipinski definition) is 4. The number of carbonyl (C=O) groups excluding carboxylic acids is 3. The molecule has 4 amide bonds. The van der Waals surface area contributed by atoms with Gasteiger partial charge >= 0.3 is 6.03 Å². The molecule has 6 heteroatoms. The number of urea groups is 1. The van der Waals surface area contributed by atoms with Crippen LogP contribution in [0.15, 0.2) is 72.3 Å². The molecule has 1 fully saturated rings. The first-order chi connectivity index (χ1) is 12.6. The summed E-state index contributed by atoms with van der Waals surface area (Å²) in [4.78, 5) is 37.8. The van der Waals surface area contributed by atoms with Gasteiger partial charge in [-0.15, -0.1) is 0 Å². The van der Waals surface area contributed by atoms with Gasteiger partial charge in [-0.1, -0.05) is 48.6 Å². The fraction of sp³-hybridized carbons (Fsp3) is 0.0500. The van der Waals surface area contributed by atoms with Crippen LogP contribution < -0.4 is 15.0 Å². The number of anilines is 1. The number of imide groups is 2. The Kier molecular flexibility index (Phi) is 4.94. The zero-order valence-electron chi connectivity index (χ0n) is 14.0. The first-order valence-electron chi connectivity index (χ1n) is 7.87. The van der Waals surface area contributed by atoms with Gasteiger partial charge in [-0.25, -0.2) is 9.69 Å². The molecule has 2 aromatic carbocycles. The van der Waals surface area contributed by atoms with Gasteiger partial charge in [0.15, 0.2) is 0 Å². The number of barbiturate groups is 1. The predicted molar refractivity (Wildman–Crippen MR) is 97.6 cm³/mol. The number of amides is 4. The molecule has 3 rings (SSSR count). The van der Waals surface area contributed by atoms with E-state index < -0.39 is 17.8 Å². The molecular formula is C20H16N2O4. The van der Waals surface area contributed by atoms with Gasteiger partial charge in [-0.05, 0) is 23.8 Å². The summed E-state index contributed by atoms with van der Waals surface area (Å²) in [5.41, 5.74) is 1.12. The fourth-order valence-electron chi connectivity index (χ4n) is 2.48. The van der Waals surface area contributed by atoms with Crippen molar-refractivity contribution in [1.82, 2.24) is 5.32 Å². The van der Waals surface area contributed by atoms with Crippen LogP contribution in [0, 0.1) is 0 Å². The topological polar surface area (TPSA) is 75.7 Å². The average molecular weight is 348 g/mol. The number of carbonyl (C=O) groups is 3. The molecule has 0 radical (unpaired) electrons. The van der Waals surface area contributed by atoms with E-state index in [1.807, 2.05) is 30.3 Å². The van der Waals surface area contributed by atoms with E-state index in [2.05, 4.69) is 5.32 Å². The molecule has 130 valence electrons. The Morgan fingerprint density at radius 3 is 2.50 bits per heavy atom. The molecule has 1 aliphatic heterocycles. The molecular weight excluding hydrogens is 332 g/mol. The molecule has 26 heavy (non-hydrogen) atoms. The highest BCUT2D eigenvalue weighted by atomic mass is 16.5. The minimum absolute atomic E-state index is 0.125. The third kappa shape index (κ3) is 3.54.